The van der Waals surface area contributed by atoms with Crippen LogP contribution in [0.5, 0.6) is 5.75 Å². The molecule has 2 aromatic rings. The summed E-state index contributed by atoms with van der Waals surface area (Å²) in [6.45, 7) is 2.31. The lowest BCUT2D eigenvalue weighted by Gasteiger charge is -2.13. The first kappa shape index (κ1) is 14.6. The van der Waals surface area contributed by atoms with Crippen LogP contribution in [0.1, 0.15) is 21.5 Å². The molecule has 0 radical (unpaired) electrons. The molecule has 0 N–H and O–H groups in total. The molecule has 0 amide bonds. The minimum Gasteiger partial charge on any atom is -0.489 e. The van der Waals surface area contributed by atoms with Crippen molar-refractivity contribution in [2.45, 2.75) is 13.5 Å². The Balaban J connectivity index is 2.23. The summed E-state index contributed by atoms with van der Waals surface area (Å²) in [6.07, 6.45) is 0. The van der Waals surface area contributed by atoms with Crippen LogP contribution in [-0.4, -0.2) is 13.1 Å². The van der Waals surface area contributed by atoms with Gasteiger partial charge in [-0.1, -0.05) is 30.3 Å². The maximum Gasteiger partial charge on any atom is 0.339 e. The van der Waals surface area contributed by atoms with E-state index in [1.165, 1.54) is 7.11 Å². The van der Waals surface area contributed by atoms with Crippen LogP contribution in [0.15, 0.2) is 46.9 Å². The number of ether oxygens (including phenoxy) is 2. The van der Waals surface area contributed by atoms with Gasteiger partial charge in [-0.05, 0) is 40.5 Å². The monoisotopic (exact) mass is 334 g/mol. The molecule has 0 unspecified atom stereocenters. The standard InChI is InChI=1S/C16H15BrO3/c1-11-14(20-10-12-6-4-3-5-7-12)9-8-13(17)15(11)16(18)19-2/h3-9H,10H2,1-2H3. The van der Waals surface area contributed by atoms with Crippen LogP contribution in [0.25, 0.3) is 0 Å². The van der Waals surface area contributed by atoms with Gasteiger partial charge in [-0.25, -0.2) is 4.79 Å². The molecule has 0 aliphatic rings. The van der Waals surface area contributed by atoms with Gasteiger partial charge in [-0.15, -0.1) is 0 Å². The molecule has 4 heteroatoms. The van der Waals surface area contributed by atoms with Crippen molar-refractivity contribution in [3.8, 4) is 5.75 Å². The molecule has 2 aromatic carbocycles. The number of carbonyl (C=O) groups is 1. The van der Waals surface area contributed by atoms with E-state index in [-0.39, 0.29) is 5.97 Å². The van der Waals surface area contributed by atoms with E-state index in [4.69, 9.17) is 9.47 Å². The number of rotatable bonds is 4. The zero-order valence-corrected chi connectivity index (χ0v) is 12.9. The van der Waals surface area contributed by atoms with Gasteiger partial charge in [0.2, 0.25) is 0 Å². The number of benzene rings is 2. The Kier molecular flexibility index (Phi) is 4.79. The molecule has 0 aliphatic heterocycles. The molecular formula is C16H15BrO3. The molecule has 3 nitrogen and oxygen atoms in total. The average Bonchev–Trinajstić information content (AvgIpc) is 2.47. The summed E-state index contributed by atoms with van der Waals surface area (Å²) in [6, 6.07) is 13.5. The van der Waals surface area contributed by atoms with E-state index in [1.807, 2.05) is 43.3 Å². The Morgan fingerprint density at radius 2 is 1.85 bits per heavy atom. The summed E-state index contributed by atoms with van der Waals surface area (Å²) in [5.74, 6) is 0.303. The molecule has 0 fully saturated rings. The number of methoxy groups -OCH3 is 1. The zero-order chi connectivity index (χ0) is 14.5. The van der Waals surface area contributed by atoms with Gasteiger partial charge in [-0.2, -0.15) is 0 Å². The van der Waals surface area contributed by atoms with Crippen LogP contribution in [0, 0.1) is 6.92 Å². The first-order valence-electron chi connectivity index (χ1n) is 6.17. The highest BCUT2D eigenvalue weighted by Gasteiger charge is 2.17. The van der Waals surface area contributed by atoms with Gasteiger partial charge in [0.15, 0.2) is 0 Å². The fraction of sp³-hybridized carbons (Fsp3) is 0.188. The maximum absolute atomic E-state index is 11.8. The molecule has 0 atom stereocenters. The van der Waals surface area contributed by atoms with Gasteiger partial charge >= 0.3 is 5.97 Å². The number of carbonyl (C=O) groups excluding carboxylic acids is 1. The third kappa shape index (κ3) is 3.20. The van der Waals surface area contributed by atoms with Crippen LogP contribution in [0.2, 0.25) is 0 Å². The quantitative estimate of drug-likeness (QED) is 0.789. The molecular weight excluding hydrogens is 320 g/mol. The van der Waals surface area contributed by atoms with Crippen LogP contribution >= 0.6 is 15.9 Å². The summed E-state index contributed by atoms with van der Waals surface area (Å²) in [4.78, 5) is 11.8. The van der Waals surface area contributed by atoms with E-state index in [2.05, 4.69) is 15.9 Å². The fourth-order valence-corrected chi connectivity index (χ4v) is 2.50. The average molecular weight is 335 g/mol. The Morgan fingerprint density at radius 1 is 1.15 bits per heavy atom. The van der Waals surface area contributed by atoms with Crippen molar-refractivity contribution >= 4 is 21.9 Å². The normalized spacial score (nSPS) is 10.2. The van der Waals surface area contributed by atoms with E-state index in [0.717, 1.165) is 11.1 Å². The molecule has 0 saturated carbocycles. The Bertz CT molecular complexity index is 609. The largest absolute Gasteiger partial charge is 0.489 e. The summed E-state index contributed by atoms with van der Waals surface area (Å²) >= 11 is 3.36. The highest BCUT2D eigenvalue weighted by Crippen LogP contribution is 2.29. The van der Waals surface area contributed by atoms with Crippen molar-refractivity contribution in [3.63, 3.8) is 0 Å². The highest BCUT2D eigenvalue weighted by molar-refractivity contribution is 9.10. The Hall–Kier alpha value is -1.81. The lowest BCUT2D eigenvalue weighted by atomic mass is 10.1. The van der Waals surface area contributed by atoms with E-state index in [1.54, 1.807) is 6.07 Å². The molecule has 0 spiro atoms. The lowest BCUT2D eigenvalue weighted by Crippen LogP contribution is -2.07. The second-order valence-corrected chi connectivity index (χ2v) is 5.17. The molecule has 0 heterocycles. The minimum absolute atomic E-state index is 0.375. The maximum atomic E-state index is 11.8. The van der Waals surface area contributed by atoms with Gasteiger partial charge in [0.05, 0.1) is 12.7 Å². The van der Waals surface area contributed by atoms with Crippen molar-refractivity contribution < 1.29 is 14.3 Å². The van der Waals surface area contributed by atoms with Crippen molar-refractivity contribution in [3.05, 3.63) is 63.6 Å². The molecule has 0 aromatic heterocycles. The lowest BCUT2D eigenvalue weighted by molar-refractivity contribution is 0.0598. The SMILES string of the molecule is COC(=O)c1c(Br)ccc(OCc2ccccc2)c1C. The van der Waals surface area contributed by atoms with E-state index in [9.17, 15) is 4.79 Å². The smallest absolute Gasteiger partial charge is 0.339 e. The molecule has 2 rings (SSSR count). The topological polar surface area (TPSA) is 35.5 Å². The van der Waals surface area contributed by atoms with Crippen LogP contribution < -0.4 is 4.74 Å². The number of esters is 1. The van der Waals surface area contributed by atoms with E-state index < -0.39 is 0 Å². The van der Waals surface area contributed by atoms with Gasteiger partial charge < -0.3 is 9.47 Å². The van der Waals surface area contributed by atoms with Gasteiger partial charge in [-0.3, -0.25) is 0 Å². The summed E-state index contributed by atoms with van der Waals surface area (Å²) in [5, 5.41) is 0. The molecule has 104 valence electrons. The fourth-order valence-electron chi connectivity index (χ4n) is 1.90. The van der Waals surface area contributed by atoms with Crippen molar-refractivity contribution in [1.82, 2.24) is 0 Å². The van der Waals surface area contributed by atoms with Gasteiger partial charge in [0, 0.05) is 10.0 Å². The Labute approximate surface area is 126 Å². The van der Waals surface area contributed by atoms with E-state index >= 15 is 0 Å². The predicted molar refractivity (Wildman–Crippen MR) is 81.0 cm³/mol. The zero-order valence-electron chi connectivity index (χ0n) is 11.4. The van der Waals surface area contributed by atoms with Gasteiger partial charge in [0.1, 0.15) is 12.4 Å². The number of halogens is 1. The first-order chi connectivity index (χ1) is 9.63. The highest BCUT2D eigenvalue weighted by atomic mass is 79.9. The summed E-state index contributed by atoms with van der Waals surface area (Å²) in [7, 11) is 1.37. The predicted octanol–water partition coefficient (Wildman–Crippen LogP) is 4.12. The van der Waals surface area contributed by atoms with Crippen LogP contribution in [0.3, 0.4) is 0 Å². The van der Waals surface area contributed by atoms with Crippen LogP contribution in [-0.2, 0) is 11.3 Å². The first-order valence-corrected chi connectivity index (χ1v) is 6.97. The third-order valence-corrected chi connectivity index (χ3v) is 3.65. The second kappa shape index (κ2) is 6.57. The molecule has 0 bridgehead atoms. The van der Waals surface area contributed by atoms with Crippen LogP contribution in [0.4, 0.5) is 0 Å². The minimum atomic E-state index is -0.375. The number of hydrogen-bond acceptors (Lipinski definition) is 3. The van der Waals surface area contributed by atoms with Crippen molar-refractivity contribution in [2.24, 2.45) is 0 Å². The second-order valence-electron chi connectivity index (χ2n) is 4.31. The van der Waals surface area contributed by atoms with Crippen molar-refractivity contribution in [2.75, 3.05) is 7.11 Å². The Morgan fingerprint density at radius 3 is 2.50 bits per heavy atom. The van der Waals surface area contributed by atoms with Crippen molar-refractivity contribution in [1.29, 1.82) is 0 Å². The molecule has 20 heavy (non-hydrogen) atoms. The van der Waals surface area contributed by atoms with Gasteiger partial charge in [0.25, 0.3) is 0 Å². The number of hydrogen-bond donors (Lipinski definition) is 0. The summed E-state index contributed by atoms with van der Waals surface area (Å²) < 4.78 is 11.3. The summed E-state index contributed by atoms with van der Waals surface area (Å²) in [5.41, 5.74) is 2.34. The van der Waals surface area contributed by atoms with E-state index in [0.29, 0.717) is 22.4 Å². The molecule has 0 saturated heterocycles. The third-order valence-electron chi connectivity index (χ3n) is 2.99. The molecule has 0 aliphatic carbocycles.